The molecule has 0 aliphatic heterocycles. The monoisotopic (exact) mass is 290 g/mol. The zero-order valence-corrected chi connectivity index (χ0v) is 12.5. The number of ether oxygens (including phenoxy) is 1. The van der Waals surface area contributed by atoms with Crippen molar-refractivity contribution in [2.75, 3.05) is 0 Å². The summed E-state index contributed by atoms with van der Waals surface area (Å²) in [5.41, 5.74) is 8.65. The minimum Gasteiger partial charge on any atom is -0.489 e. The fourth-order valence-corrected chi connectivity index (χ4v) is 2.33. The topological polar surface area (TPSA) is 59.1 Å². The third-order valence-corrected chi connectivity index (χ3v) is 3.65. The van der Waals surface area contributed by atoms with E-state index in [1.165, 1.54) is 5.56 Å². The van der Waals surface area contributed by atoms with Crippen molar-refractivity contribution in [3.05, 3.63) is 77.4 Å². The van der Waals surface area contributed by atoms with Crippen LogP contribution in [0.5, 0.6) is 5.75 Å². The molecule has 3 aromatic rings. The van der Waals surface area contributed by atoms with Gasteiger partial charge in [0.2, 0.25) is 0 Å². The summed E-state index contributed by atoms with van der Waals surface area (Å²) in [5.74, 6) is 0.922. The van der Waals surface area contributed by atoms with Gasteiger partial charge in [0.15, 0.2) is 0 Å². The maximum atomic E-state index is 7.48. The second kappa shape index (κ2) is 5.90. The van der Waals surface area contributed by atoms with Gasteiger partial charge in [-0.2, -0.15) is 0 Å². The van der Waals surface area contributed by atoms with Crippen molar-refractivity contribution < 1.29 is 4.74 Å². The van der Waals surface area contributed by atoms with Crippen LogP contribution in [0.2, 0.25) is 0 Å². The van der Waals surface area contributed by atoms with Crippen molar-refractivity contribution in [1.82, 2.24) is 0 Å². The number of hydrogen-bond donors (Lipinski definition) is 2. The Morgan fingerprint density at radius 3 is 2.36 bits per heavy atom. The molecule has 0 spiro atoms. The maximum absolute atomic E-state index is 7.48. The van der Waals surface area contributed by atoms with Crippen LogP contribution in [0.3, 0.4) is 0 Å². The van der Waals surface area contributed by atoms with Gasteiger partial charge in [0, 0.05) is 5.56 Å². The van der Waals surface area contributed by atoms with E-state index in [0.717, 1.165) is 27.6 Å². The SMILES string of the molecule is Cc1ccc(COc2ccc3cc(C(=N)N)ccc3c2)cc1. The normalized spacial score (nSPS) is 10.6. The van der Waals surface area contributed by atoms with Gasteiger partial charge in [-0.25, -0.2) is 0 Å². The van der Waals surface area contributed by atoms with Crippen molar-refractivity contribution >= 4 is 16.6 Å². The molecule has 0 aliphatic carbocycles. The third-order valence-electron chi connectivity index (χ3n) is 3.65. The molecule has 0 amide bonds. The molecule has 0 bridgehead atoms. The molecule has 110 valence electrons. The molecule has 3 rings (SSSR count). The van der Waals surface area contributed by atoms with Crippen molar-refractivity contribution in [1.29, 1.82) is 5.41 Å². The van der Waals surface area contributed by atoms with E-state index in [1.54, 1.807) is 0 Å². The number of nitrogens with two attached hydrogens (primary N) is 1. The number of fused-ring (bicyclic) bond motifs is 1. The highest BCUT2D eigenvalue weighted by atomic mass is 16.5. The standard InChI is InChI=1S/C19H18N2O/c1-13-2-4-14(5-3-13)12-22-18-9-8-15-10-17(19(20)21)7-6-16(15)11-18/h2-11H,12H2,1H3,(H3,20,21). The molecule has 0 aromatic heterocycles. The predicted octanol–water partition coefficient (Wildman–Crippen LogP) is 4.01. The van der Waals surface area contributed by atoms with Gasteiger partial charge < -0.3 is 10.5 Å². The van der Waals surface area contributed by atoms with E-state index in [1.807, 2.05) is 36.4 Å². The van der Waals surface area contributed by atoms with E-state index in [2.05, 4.69) is 31.2 Å². The lowest BCUT2D eigenvalue weighted by Crippen LogP contribution is -2.10. The Hall–Kier alpha value is -2.81. The first kappa shape index (κ1) is 14.1. The first-order valence-corrected chi connectivity index (χ1v) is 7.18. The molecule has 0 heterocycles. The lowest BCUT2D eigenvalue weighted by molar-refractivity contribution is 0.306. The zero-order valence-electron chi connectivity index (χ0n) is 12.5. The van der Waals surface area contributed by atoms with E-state index < -0.39 is 0 Å². The van der Waals surface area contributed by atoms with Gasteiger partial charge in [0.25, 0.3) is 0 Å². The summed E-state index contributed by atoms with van der Waals surface area (Å²) >= 11 is 0. The molecule has 3 heteroatoms. The molecule has 22 heavy (non-hydrogen) atoms. The van der Waals surface area contributed by atoms with Gasteiger partial charge in [-0.15, -0.1) is 0 Å². The second-order valence-electron chi connectivity index (χ2n) is 5.41. The van der Waals surface area contributed by atoms with Crippen molar-refractivity contribution in [3.63, 3.8) is 0 Å². The lowest BCUT2D eigenvalue weighted by atomic mass is 10.1. The quantitative estimate of drug-likeness (QED) is 0.563. The van der Waals surface area contributed by atoms with E-state index in [4.69, 9.17) is 15.9 Å². The third kappa shape index (κ3) is 3.09. The van der Waals surface area contributed by atoms with E-state index in [9.17, 15) is 0 Å². The minimum atomic E-state index is 0.0848. The highest BCUT2D eigenvalue weighted by Crippen LogP contribution is 2.22. The van der Waals surface area contributed by atoms with Gasteiger partial charge in [0.1, 0.15) is 18.2 Å². The predicted molar refractivity (Wildman–Crippen MR) is 90.5 cm³/mol. The number of rotatable bonds is 4. The van der Waals surface area contributed by atoms with E-state index >= 15 is 0 Å². The largest absolute Gasteiger partial charge is 0.489 e. The van der Waals surface area contributed by atoms with Crippen LogP contribution in [0.25, 0.3) is 10.8 Å². The van der Waals surface area contributed by atoms with Gasteiger partial charge in [-0.1, -0.05) is 48.0 Å². The summed E-state index contributed by atoms with van der Waals surface area (Å²) in [7, 11) is 0. The van der Waals surface area contributed by atoms with E-state index in [0.29, 0.717) is 6.61 Å². The van der Waals surface area contributed by atoms with Crippen LogP contribution in [0.1, 0.15) is 16.7 Å². The second-order valence-corrected chi connectivity index (χ2v) is 5.41. The fraction of sp³-hybridized carbons (Fsp3) is 0.105. The van der Waals surface area contributed by atoms with Crippen molar-refractivity contribution in [3.8, 4) is 5.75 Å². The van der Waals surface area contributed by atoms with Gasteiger partial charge in [-0.05, 0) is 41.5 Å². The molecule has 3 N–H and O–H groups in total. The van der Waals surface area contributed by atoms with Crippen LogP contribution in [0, 0.1) is 12.3 Å². The van der Waals surface area contributed by atoms with Crippen LogP contribution in [-0.2, 0) is 6.61 Å². The smallest absolute Gasteiger partial charge is 0.122 e. The number of hydrogen-bond acceptors (Lipinski definition) is 2. The average Bonchev–Trinajstić information content (AvgIpc) is 2.53. The summed E-state index contributed by atoms with van der Waals surface area (Å²) in [5, 5.41) is 9.61. The number of nitrogen functional groups attached to an aromatic ring is 1. The van der Waals surface area contributed by atoms with E-state index in [-0.39, 0.29) is 5.84 Å². The summed E-state index contributed by atoms with van der Waals surface area (Å²) < 4.78 is 5.85. The molecule has 0 fully saturated rings. The summed E-state index contributed by atoms with van der Waals surface area (Å²) in [6.45, 7) is 2.63. The molecular formula is C19H18N2O. The molecular weight excluding hydrogens is 272 g/mol. The Kier molecular flexibility index (Phi) is 3.79. The fourth-order valence-electron chi connectivity index (χ4n) is 2.33. The molecule has 3 aromatic carbocycles. The zero-order chi connectivity index (χ0) is 15.5. The van der Waals surface area contributed by atoms with Gasteiger partial charge in [0.05, 0.1) is 0 Å². The first-order valence-electron chi connectivity index (χ1n) is 7.18. The molecule has 0 saturated carbocycles. The van der Waals surface area contributed by atoms with Crippen LogP contribution >= 0.6 is 0 Å². The Morgan fingerprint density at radius 1 is 0.955 bits per heavy atom. The van der Waals surface area contributed by atoms with Crippen LogP contribution < -0.4 is 10.5 Å². The van der Waals surface area contributed by atoms with Crippen LogP contribution in [0.15, 0.2) is 60.7 Å². The number of aryl methyl sites for hydroxylation is 1. The Labute approximate surface area is 129 Å². The number of nitrogens with one attached hydrogen (secondary N) is 1. The van der Waals surface area contributed by atoms with Crippen molar-refractivity contribution in [2.45, 2.75) is 13.5 Å². The minimum absolute atomic E-state index is 0.0848. The molecule has 0 atom stereocenters. The number of benzene rings is 3. The van der Waals surface area contributed by atoms with Gasteiger partial charge >= 0.3 is 0 Å². The molecule has 3 nitrogen and oxygen atoms in total. The first-order chi connectivity index (χ1) is 10.6. The summed E-state index contributed by atoms with van der Waals surface area (Å²) in [6.07, 6.45) is 0. The summed E-state index contributed by atoms with van der Waals surface area (Å²) in [4.78, 5) is 0. The highest BCUT2D eigenvalue weighted by molar-refractivity contribution is 5.99. The Bertz CT molecular complexity index is 822. The molecule has 0 radical (unpaired) electrons. The highest BCUT2D eigenvalue weighted by Gasteiger charge is 2.02. The molecule has 0 saturated heterocycles. The van der Waals surface area contributed by atoms with Gasteiger partial charge in [-0.3, -0.25) is 5.41 Å². The summed E-state index contributed by atoms with van der Waals surface area (Å²) in [6, 6.07) is 20.0. The molecule has 0 unspecified atom stereocenters. The Balaban J connectivity index is 1.78. The average molecular weight is 290 g/mol. The molecule has 0 aliphatic rings. The van der Waals surface area contributed by atoms with Crippen molar-refractivity contribution in [2.24, 2.45) is 5.73 Å². The maximum Gasteiger partial charge on any atom is 0.122 e. The number of amidine groups is 1. The Morgan fingerprint density at radius 2 is 1.64 bits per heavy atom. The van der Waals surface area contributed by atoms with Crippen LogP contribution in [0.4, 0.5) is 0 Å². The van der Waals surface area contributed by atoms with Crippen LogP contribution in [-0.4, -0.2) is 5.84 Å². The lowest BCUT2D eigenvalue weighted by Gasteiger charge is -2.08.